The maximum absolute atomic E-state index is 11.3. The summed E-state index contributed by atoms with van der Waals surface area (Å²) < 4.78 is 0. The van der Waals surface area contributed by atoms with Crippen molar-refractivity contribution in [3.63, 3.8) is 0 Å². The molecule has 0 heterocycles. The minimum Gasteiger partial charge on any atom is -0.481 e. The third-order valence-electron chi connectivity index (χ3n) is 2.98. The largest absolute Gasteiger partial charge is 0.481 e. The van der Waals surface area contributed by atoms with E-state index in [1.54, 1.807) is 18.2 Å². The Kier molecular flexibility index (Phi) is 6.76. The van der Waals surface area contributed by atoms with Crippen molar-refractivity contribution in [2.24, 2.45) is 0 Å². The van der Waals surface area contributed by atoms with Crippen LogP contribution in [0.25, 0.3) is 0 Å². The lowest BCUT2D eigenvalue weighted by Gasteiger charge is -2.14. The molecule has 0 aliphatic heterocycles. The van der Waals surface area contributed by atoms with E-state index in [-0.39, 0.29) is 6.61 Å². The number of aliphatic hydroxyl groups is 1. The maximum Gasteiger partial charge on any atom is 0.311 e. The summed E-state index contributed by atoms with van der Waals surface area (Å²) in [7, 11) is 0. The fourth-order valence-corrected chi connectivity index (χ4v) is 2.25. The van der Waals surface area contributed by atoms with Crippen LogP contribution in [0, 0.1) is 0 Å². The second-order valence-electron chi connectivity index (χ2n) is 4.34. The lowest BCUT2D eigenvalue weighted by Crippen LogP contribution is -2.12. The number of rotatable bonds is 8. The van der Waals surface area contributed by atoms with E-state index < -0.39 is 11.9 Å². The van der Waals surface area contributed by atoms with Gasteiger partial charge in [-0.05, 0) is 24.5 Å². The molecule has 0 spiro atoms. The van der Waals surface area contributed by atoms with Crippen LogP contribution < -0.4 is 0 Å². The van der Waals surface area contributed by atoms with Gasteiger partial charge >= 0.3 is 5.97 Å². The molecule has 0 amide bonds. The van der Waals surface area contributed by atoms with Gasteiger partial charge in [0.25, 0.3) is 0 Å². The van der Waals surface area contributed by atoms with Crippen molar-refractivity contribution >= 4 is 17.6 Å². The molecule has 1 unspecified atom stereocenters. The SMILES string of the molecule is O=C(O)C(CCCCCCO)c1ccccc1Cl. The summed E-state index contributed by atoms with van der Waals surface area (Å²) in [4.78, 5) is 11.3. The average Bonchev–Trinajstić information content (AvgIpc) is 2.35. The highest BCUT2D eigenvalue weighted by Crippen LogP contribution is 2.28. The van der Waals surface area contributed by atoms with Crippen LogP contribution in [0.2, 0.25) is 5.02 Å². The molecule has 0 radical (unpaired) electrons. The van der Waals surface area contributed by atoms with E-state index in [0.717, 1.165) is 25.7 Å². The lowest BCUT2D eigenvalue weighted by molar-refractivity contribution is -0.139. The van der Waals surface area contributed by atoms with Crippen LogP contribution in [0.5, 0.6) is 0 Å². The number of hydrogen-bond acceptors (Lipinski definition) is 2. The van der Waals surface area contributed by atoms with E-state index in [1.165, 1.54) is 0 Å². The van der Waals surface area contributed by atoms with Gasteiger partial charge in [-0.3, -0.25) is 4.79 Å². The minimum absolute atomic E-state index is 0.201. The first-order valence-electron chi connectivity index (χ1n) is 6.25. The second kappa shape index (κ2) is 8.11. The smallest absolute Gasteiger partial charge is 0.311 e. The van der Waals surface area contributed by atoms with Gasteiger partial charge in [-0.2, -0.15) is 0 Å². The summed E-state index contributed by atoms with van der Waals surface area (Å²) in [6.07, 6.45) is 4.08. The number of halogens is 1. The van der Waals surface area contributed by atoms with Crippen molar-refractivity contribution in [2.75, 3.05) is 6.61 Å². The highest BCUT2D eigenvalue weighted by atomic mass is 35.5. The Morgan fingerprint density at radius 1 is 1.17 bits per heavy atom. The van der Waals surface area contributed by atoms with Gasteiger partial charge < -0.3 is 10.2 Å². The predicted molar refractivity (Wildman–Crippen MR) is 72.0 cm³/mol. The molecule has 1 rings (SSSR count). The third kappa shape index (κ3) is 4.67. The topological polar surface area (TPSA) is 57.5 Å². The van der Waals surface area contributed by atoms with E-state index in [9.17, 15) is 9.90 Å². The number of aliphatic carboxylic acids is 1. The van der Waals surface area contributed by atoms with Crippen molar-refractivity contribution < 1.29 is 15.0 Å². The average molecular weight is 271 g/mol. The van der Waals surface area contributed by atoms with Crippen molar-refractivity contribution in [1.29, 1.82) is 0 Å². The van der Waals surface area contributed by atoms with Crippen LogP contribution in [0.4, 0.5) is 0 Å². The van der Waals surface area contributed by atoms with E-state index in [4.69, 9.17) is 16.7 Å². The lowest BCUT2D eigenvalue weighted by atomic mass is 9.93. The fraction of sp³-hybridized carbons (Fsp3) is 0.500. The standard InChI is InChI=1S/C14H19ClO3/c15-13-9-5-4-7-11(13)12(14(17)18)8-3-1-2-6-10-16/h4-5,7,9,12,16H,1-3,6,8,10H2,(H,17,18). The Labute approximate surface area is 112 Å². The summed E-state index contributed by atoms with van der Waals surface area (Å²) in [5.41, 5.74) is 0.689. The quantitative estimate of drug-likeness (QED) is 0.712. The van der Waals surface area contributed by atoms with Crippen molar-refractivity contribution in [3.05, 3.63) is 34.9 Å². The molecule has 0 aromatic heterocycles. The number of carboxylic acids is 1. The molecule has 4 heteroatoms. The Morgan fingerprint density at radius 3 is 2.44 bits per heavy atom. The Bertz CT molecular complexity index is 379. The molecule has 0 saturated heterocycles. The van der Waals surface area contributed by atoms with Crippen molar-refractivity contribution in [3.8, 4) is 0 Å². The van der Waals surface area contributed by atoms with Crippen LogP contribution in [-0.2, 0) is 4.79 Å². The monoisotopic (exact) mass is 270 g/mol. The van der Waals surface area contributed by atoms with Gasteiger partial charge in [0.1, 0.15) is 0 Å². The zero-order valence-electron chi connectivity index (χ0n) is 10.3. The van der Waals surface area contributed by atoms with E-state index in [2.05, 4.69) is 0 Å². The van der Waals surface area contributed by atoms with Gasteiger partial charge in [0.05, 0.1) is 5.92 Å². The molecule has 18 heavy (non-hydrogen) atoms. The van der Waals surface area contributed by atoms with Crippen LogP contribution in [-0.4, -0.2) is 22.8 Å². The van der Waals surface area contributed by atoms with Crippen molar-refractivity contribution in [1.82, 2.24) is 0 Å². The summed E-state index contributed by atoms with van der Waals surface area (Å²) in [6.45, 7) is 0.201. The molecule has 1 aromatic rings. The Morgan fingerprint density at radius 2 is 1.83 bits per heavy atom. The Hall–Kier alpha value is -1.06. The summed E-state index contributed by atoms with van der Waals surface area (Å²) in [5, 5.41) is 18.4. The number of aliphatic hydroxyl groups excluding tert-OH is 1. The molecular weight excluding hydrogens is 252 g/mol. The summed E-state index contributed by atoms with van der Waals surface area (Å²) in [5.74, 6) is -1.36. The fourth-order valence-electron chi connectivity index (χ4n) is 1.98. The molecule has 1 aromatic carbocycles. The number of carboxylic acid groups (broad SMARTS) is 1. The molecule has 0 saturated carbocycles. The van der Waals surface area contributed by atoms with E-state index in [0.29, 0.717) is 17.0 Å². The molecular formula is C14H19ClO3. The van der Waals surface area contributed by atoms with Gasteiger partial charge in [-0.1, -0.05) is 49.1 Å². The highest BCUT2D eigenvalue weighted by Gasteiger charge is 2.21. The van der Waals surface area contributed by atoms with E-state index >= 15 is 0 Å². The van der Waals surface area contributed by atoms with Crippen molar-refractivity contribution in [2.45, 2.75) is 38.0 Å². The number of benzene rings is 1. The molecule has 100 valence electrons. The molecule has 0 aliphatic rings. The predicted octanol–water partition coefficient (Wildman–Crippen LogP) is 3.45. The first-order chi connectivity index (χ1) is 8.66. The van der Waals surface area contributed by atoms with Crippen LogP contribution in [0.1, 0.15) is 43.6 Å². The molecule has 0 aliphatic carbocycles. The minimum atomic E-state index is -0.828. The van der Waals surface area contributed by atoms with Crippen LogP contribution >= 0.6 is 11.6 Å². The zero-order valence-corrected chi connectivity index (χ0v) is 11.1. The van der Waals surface area contributed by atoms with Crippen LogP contribution in [0.3, 0.4) is 0 Å². The van der Waals surface area contributed by atoms with Crippen LogP contribution in [0.15, 0.2) is 24.3 Å². The first-order valence-corrected chi connectivity index (χ1v) is 6.62. The van der Waals surface area contributed by atoms with Gasteiger partial charge in [-0.25, -0.2) is 0 Å². The molecule has 0 bridgehead atoms. The van der Waals surface area contributed by atoms with E-state index in [1.807, 2.05) is 6.07 Å². The van der Waals surface area contributed by atoms with Gasteiger partial charge in [0, 0.05) is 11.6 Å². The molecule has 1 atom stereocenters. The number of carbonyl (C=O) groups is 1. The highest BCUT2D eigenvalue weighted by molar-refractivity contribution is 6.31. The second-order valence-corrected chi connectivity index (χ2v) is 4.75. The molecule has 0 fully saturated rings. The Balaban J connectivity index is 2.56. The first kappa shape index (κ1) is 15.0. The molecule has 2 N–H and O–H groups in total. The molecule has 3 nitrogen and oxygen atoms in total. The zero-order chi connectivity index (χ0) is 13.4. The van der Waals surface area contributed by atoms with Gasteiger partial charge in [0.15, 0.2) is 0 Å². The summed E-state index contributed by atoms with van der Waals surface area (Å²) >= 11 is 6.03. The van der Waals surface area contributed by atoms with Gasteiger partial charge in [0.2, 0.25) is 0 Å². The summed E-state index contributed by atoms with van der Waals surface area (Å²) in [6, 6.07) is 7.10. The number of hydrogen-bond donors (Lipinski definition) is 2. The maximum atomic E-state index is 11.3. The normalized spacial score (nSPS) is 12.3. The number of unbranched alkanes of at least 4 members (excludes halogenated alkanes) is 3. The van der Waals surface area contributed by atoms with Gasteiger partial charge in [-0.15, -0.1) is 0 Å². The third-order valence-corrected chi connectivity index (χ3v) is 3.32.